The number of ether oxygens (including phenoxy) is 1. The van der Waals surface area contributed by atoms with E-state index in [-0.39, 0.29) is 0 Å². The minimum atomic E-state index is 0.615. The quantitative estimate of drug-likeness (QED) is 0.623. The summed E-state index contributed by atoms with van der Waals surface area (Å²) in [7, 11) is 1.61. The molecule has 0 bridgehead atoms. The summed E-state index contributed by atoms with van der Waals surface area (Å²) < 4.78 is 6.19. The minimum absolute atomic E-state index is 0.615. The highest BCUT2D eigenvalue weighted by Crippen LogP contribution is 2.31. The van der Waals surface area contributed by atoms with E-state index in [4.69, 9.17) is 22.1 Å². The SMILES string of the molecule is COc1ccc(Nc2ccc(I)cc2Cl)c(N)c1. The fourth-order valence-electron chi connectivity index (χ4n) is 1.52. The molecule has 0 radical (unpaired) electrons. The van der Waals surface area contributed by atoms with Gasteiger partial charge in [0.15, 0.2) is 0 Å². The Kier molecular flexibility index (Phi) is 4.19. The monoisotopic (exact) mass is 374 g/mol. The lowest BCUT2D eigenvalue weighted by atomic mass is 10.2. The highest BCUT2D eigenvalue weighted by molar-refractivity contribution is 14.1. The lowest BCUT2D eigenvalue weighted by Gasteiger charge is -2.12. The van der Waals surface area contributed by atoms with Crippen molar-refractivity contribution in [1.29, 1.82) is 0 Å². The van der Waals surface area contributed by atoms with Gasteiger partial charge in [0.2, 0.25) is 0 Å². The van der Waals surface area contributed by atoms with Gasteiger partial charge in [-0.2, -0.15) is 0 Å². The fraction of sp³-hybridized carbons (Fsp3) is 0.0769. The summed E-state index contributed by atoms with van der Waals surface area (Å²) in [5, 5.41) is 3.87. The van der Waals surface area contributed by atoms with Gasteiger partial charge >= 0.3 is 0 Å². The van der Waals surface area contributed by atoms with Crippen molar-refractivity contribution in [2.24, 2.45) is 0 Å². The molecule has 0 saturated carbocycles. The molecule has 2 aromatic carbocycles. The van der Waals surface area contributed by atoms with Crippen LogP contribution in [0.3, 0.4) is 0 Å². The first-order valence-corrected chi connectivity index (χ1v) is 6.71. The molecule has 0 spiro atoms. The molecule has 0 unspecified atom stereocenters. The van der Waals surface area contributed by atoms with Crippen molar-refractivity contribution in [1.82, 2.24) is 0 Å². The Bertz CT molecular complexity index is 575. The van der Waals surface area contributed by atoms with Gasteiger partial charge in [-0.15, -0.1) is 0 Å². The summed E-state index contributed by atoms with van der Waals surface area (Å²) in [6, 6.07) is 11.3. The summed E-state index contributed by atoms with van der Waals surface area (Å²) in [4.78, 5) is 0. The average molecular weight is 375 g/mol. The van der Waals surface area contributed by atoms with Crippen LogP contribution in [-0.4, -0.2) is 7.11 Å². The molecule has 3 N–H and O–H groups in total. The predicted molar refractivity (Wildman–Crippen MR) is 84.9 cm³/mol. The molecule has 0 aliphatic rings. The van der Waals surface area contributed by atoms with Gasteiger partial charge in [-0.3, -0.25) is 0 Å². The van der Waals surface area contributed by atoms with E-state index >= 15 is 0 Å². The second kappa shape index (κ2) is 5.67. The zero-order valence-electron chi connectivity index (χ0n) is 9.71. The van der Waals surface area contributed by atoms with E-state index in [1.165, 1.54) is 0 Å². The van der Waals surface area contributed by atoms with E-state index in [0.29, 0.717) is 10.7 Å². The van der Waals surface area contributed by atoms with Gasteiger partial charge in [-0.1, -0.05) is 11.6 Å². The lowest BCUT2D eigenvalue weighted by Crippen LogP contribution is -1.97. The molecule has 2 aromatic rings. The van der Waals surface area contributed by atoms with E-state index in [0.717, 1.165) is 20.7 Å². The number of hydrogen-bond acceptors (Lipinski definition) is 3. The number of hydrogen-bond donors (Lipinski definition) is 2. The molecule has 0 aliphatic heterocycles. The Hall–Kier alpha value is -1.14. The van der Waals surface area contributed by atoms with E-state index in [1.807, 2.05) is 30.3 Å². The summed E-state index contributed by atoms with van der Waals surface area (Å²) in [6.07, 6.45) is 0. The maximum atomic E-state index is 6.16. The Morgan fingerprint density at radius 2 is 1.89 bits per heavy atom. The van der Waals surface area contributed by atoms with Crippen LogP contribution in [0.5, 0.6) is 5.75 Å². The highest BCUT2D eigenvalue weighted by atomic mass is 127. The summed E-state index contributed by atoms with van der Waals surface area (Å²) in [5.41, 5.74) is 8.18. The number of nitrogens with one attached hydrogen (secondary N) is 1. The van der Waals surface area contributed by atoms with Gasteiger partial charge in [0, 0.05) is 9.64 Å². The third kappa shape index (κ3) is 3.00. The van der Waals surface area contributed by atoms with Gasteiger partial charge in [-0.25, -0.2) is 0 Å². The van der Waals surface area contributed by atoms with E-state index in [2.05, 4.69) is 27.9 Å². The van der Waals surface area contributed by atoms with E-state index in [1.54, 1.807) is 13.2 Å². The zero-order valence-corrected chi connectivity index (χ0v) is 12.6. The molecule has 0 heterocycles. The molecular weight excluding hydrogens is 363 g/mol. The Morgan fingerprint density at radius 3 is 2.50 bits per heavy atom. The van der Waals surface area contributed by atoms with Crippen LogP contribution in [-0.2, 0) is 0 Å². The van der Waals surface area contributed by atoms with Crippen LogP contribution in [0.2, 0.25) is 5.02 Å². The third-order valence-electron chi connectivity index (χ3n) is 2.46. The number of nitrogen functional groups attached to an aromatic ring is 1. The first-order valence-electron chi connectivity index (χ1n) is 5.26. The molecule has 0 atom stereocenters. The smallest absolute Gasteiger partial charge is 0.121 e. The summed E-state index contributed by atoms with van der Waals surface area (Å²) in [5.74, 6) is 0.728. The average Bonchev–Trinajstić information content (AvgIpc) is 2.34. The minimum Gasteiger partial charge on any atom is -0.497 e. The van der Waals surface area contributed by atoms with Crippen molar-refractivity contribution in [3.63, 3.8) is 0 Å². The van der Waals surface area contributed by atoms with E-state index in [9.17, 15) is 0 Å². The molecule has 0 fully saturated rings. The molecule has 2 rings (SSSR count). The van der Waals surface area contributed by atoms with Crippen LogP contribution in [0.1, 0.15) is 0 Å². The van der Waals surface area contributed by atoms with Crippen LogP contribution in [0.25, 0.3) is 0 Å². The fourth-order valence-corrected chi connectivity index (χ4v) is 2.42. The van der Waals surface area contributed by atoms with Crippen molar-refractivity contribution in [3.05, 3.63) is 45.0 Å². The first kappa shape index (κ1) is 13.3. The number of rotatable bonds is 3. The standard InChI is InChI=1S/C13H12ClIN2O/c1-18-9-3-5-13(11(16)7-9)17-12-4-2-8(15)6-10(12)14/h2-7,17H,16H2,1H3. The highest BCUT2D eigenvalue weighted by Gasteiger charge is 2.05. The molecule has 0 aromatic heterocycles. The number of halogens is 2. The number of nitrogens with two attached hydrogens (primary N) is 1. The third-order valence-corrected chi connectivity index (χ3v) is 3.44. The number of benzene rings is 2. The van der Waals surface area contributed by atoms with Gasteiger partial charge in [0.1, 0.15) is 5.75 Å². The van der Waals surface area contributed by atoms with Crippen molar-refractivity contribution in [2.75, 3.05) is 18.2 Å². The largest absolute Gasteiger partial charge is 0.497 e. The van der Waals surface area contributed by atoms with Gasteiger partial charge < -0.3 is 15.8 Å². The van der Waals surface area contributed by atoms with Crippen LogP contribution in [0, 0.1) is 3.57 Å². The molecule has 0 saturated heterocycles. The second-order valence-electron chi connectivity index (χ2n) is 3.70. The van der Waals surface area contributed by atoms with Crippen molar-refractivity contribution < 1.29 is 4.74 Å². The van der Waals surface area contributed by atoms with Gasteiger partial charge in [0.25, 0.3) is 0 Å². The van der Waals surface area contributed by atoms with Gasteiger partial charge in [-0.05, 0) is 52.9 Å². The number of anilines is 3. The molecule has 3 nitrogen and oxygen atoms in total. The maximum absolute atomic E-state index is 6.16. The molecular formula is C13H12ClIN2O. The van der Waals surface area contributed by atoms with E-state index < -0.39 is 0 Å². The molecule has 94 valence electrons. The van der Waals surface area contributed by atoms with Crippen LogP contribution >= 0.6 is 34.2 Å². The Balaban J connectivity index is 2.28. The maximum Gasteiger partial charge on any atom is 0.121 e. The lowest BCUT2D eigenvalue weighted by molar-refractivity contribution is 0.415. The zero-order chi connectivity index (χ0) is 13.1. The normalized spacial score (nSPS) is 10.2. The van der Waals surface area contributed by atoms with Gasteiger partial charge in [0.05, 0.1) is 29.2 Å². The molecule has 0 amide bonds. The molecule has 0 aliphatic carbocycles. The Labute approximate surface area is 124 Å². The van der Waals surface area contributed by atoms with Crippen molar-refractivity contribution in [2.45, 2.75) is 0 Å². The molecule has 18 heavy (non-hydrogen) atoms. The number of methoxy groups -OCH3 is 1. The topological polar surface area (TPSA) is 47.3 Å². The molecule has 5 heteroatoms. The van der Waals surface area contributed by atoms with Crippen LogP contribution in [0.4, 0.5) is 17.1 Å². The summed E-state index contributed by atoms with van der Waals surface area (Å²) >= 11 is 8.37. The first-order chi connectivity index (χ1) is 8.60. The predicted octanol–water partition coefficient (Wildman–Crippen LogP) is 4.28. The Morgan fingerprint density at radius 1 is 1.17 bits per heavy atom. The van der Waals surface area contributed by atoms with Crippen molar-refractivity contribution in [3.8, 4) is 5.75 Å². The second-order valence-corrected chi connectivity index (χ2v) is 5.36. The van der Waals surface area contributed by atoms with Crippen LogP contribution in [0.15, 0.2) is 36.4 Å². The van der Waals surface area contributed by atoms with Crippen LogP contribution < -0.4 is 15.8 Å². The summed E-state index contributed by atoms with van der Waals surface area (Å²) in [6.45, 7) is 0. The van der Waals surface area contributed by atoms with Crippen molar-refractivity contribution >= 4 is 51.3 Å².